The van der Waals surface area contributed by atoms with Crippen molar-refractivity contribution in [2.24, 2.45) is 0 Å². The zero-order valence-electron chi connectivity index (χ0n) is 15.4. The fourth-order valence-electron chi connectivity index (χ4n) is 2.77. The zero-order valence-corrected chi connectivity index (χ0v) is 16.3. The molecule has 0 fully saturated rings. The van der Waals surface area contributed by atoms with Crippen molar-refractivity contribution < 1.29 is 9.59 Å². The lowest BCUT2D eigenvalue weighted by Gasteiger charge is -2.09. The largest absolute Gasteiger partial charge is 0.300 e. The van der Waals surface area contributed by atoms with Crippen LogP contribution in [0.5, 0.6) is 0 Å². The number of nitrogens with zero attached hydrogens (tertiary/aromatic N) is 2. The number of carbonyl (C=O) groups excluding carboxylic acids is 2. The highest BCUT2D eigenvalue weighted by molar-refractivity contribution is 7.71. The van der Waals surface area contributed by atoms with E-state index < -0.39 is 0 Å². The molecule has 1 heterocycles. The standard InChI is InChI=1S/C20H21N5O2S/c1-14-6-5-9-16(12-14)19-23-24-20(28)25(19)11-10-17(26)21-22-18(27)13-15-7-3-2-4-8-15/h2-9,12H,10-11,13H2,1H3,(H,21,26)(H,22,27)(H,24,28). The molecule has 0 saturated carbocycles. The van der Waals surface area contributed by atoms with E-state index in [9.17, 15) is 9.59 Å². The van der Waals surface area contributed by atoms with Crippen molar-refractivity contribution in [3.63, 3.8) is 0 Å². The van der Waals surface area contributed by atoms with Crippen LogP contribution < -0.4 is 10.9 Å². The number of rotatable bonds is 6. The molecule has 7 nitrogen and oxygen atoms in total. The van der Waals surface area contributed by atoms with Crippen LogP contribution in [0.15, 0.2) is 54.6 Å². The number of H-pyrrole nitrogens is 1. The molecule has 8 heteroatoms. The van der Waals surface area contributed by atoms with Crippen LogP contribution in [0.3, 0.4) is 0 Å². The summed E-state index contributed by atoms with van der Waals surface area (Å²) >= 11 is 5.28. The normalized spacial score (nSPS) is 10.5. The Hall–Kier alpha value is -3.26. The molecule has 2 amide bonds. The van der Waals surface area contributed by atoms with Crippen molar-refractivity contribution in [2.45, 2.75) is 26.3 Å². The molecule has 0 spiro atoms. The van der Waals surface area contributed by atoms with Crippen molar-refractivity contribution in [3.8, 4) is 11.4 Å². The molecule has 2 aromatic carbocycles. The number of carbonyl (C=O) groups is 2. The SMILES string of the molecule is Cc1cccc(-c2n[nH]c(=S)n2CCC(=O)NNC(=O)Cc2ccccc2)c1. The number of aromatic nitrogens is 3. The second-order valence-corrected chi connectivity index (χ2v) is 6.77. The Morgan fingerprint density at radius 1 is 1.07 bits per heavy atom. The Morgan fingerprint density at radius 2 is 1.82 bits per heavy atom. The molecule has 0 unspecified atom stereocenters. The minimum atomic E-state index is -0.306. The van der Waals surface area contributed by atoms with Crippen molar-refractivity contribution in [1.82, 2.24) is 25.6 Å². The molecular formula is C20H21N5O2S. The van der Waals surface area contributed by atoms with E-state index in [0.29, 0.717) is 17.1 Å². The fourth-order valence-corrected chi connectivity index (χ4v) is 2.99. The quantitative estimate of drug-likeness (QED) is 0.442. The van der Waals surface area contributed by atoms with Crippen LogP contribution in [0, 0.1) is 11.7 Å². The van der Waals surface area contributed by atoms with Gasteiger partial charge in [0.2, 0.25) is 11.8 Å². The van der Waals surface area contributed by atoms with E-state index in [0.717, 1.165) is 16.7 Å². The first kappa shape index (κ1) is 19.5. The molecule has 3 aromatic rings. The number of benzene rings is 2. The van der Waals surface area contributed by atoms with E-state index >= 15 is 0 Å². The number of hydrazine groups is 1. The average Bonchev–Trinajstić information content (AvgIpc) is 3.06. The van der Waals surface area contributed by atoms with Gasteiger partial charge in [-0.2, -0.15) is 5.10 Å². The van der Waals surface area contributed by atoms with E-state index in [-0.39, 0.29) is 24.7 Å². The molecule has 0 aliphatic heterocycles. The highest BCUT2D eigenvalue weighted by Crippen LogP contribution is 2.18. The Balaban J connectivity index is 1.54. The molecule has 28 heavy (non-hydrogen) atoms. The van der Waals surface area contributed by atoms with Gasteiger partial charge in [0.1, 0.15) is 0 Å². The zero-order chi connectivity index (χ0) is 19.9. The van der Waals surface area contributed by atoms with Gasteiger partial charge in [-0.25, -0.2) is 0 Å². The van der Waals surface area contributed by atoms with Gasteiger partial charge in [0.05, 0.1) is 6.42 Å². The summed E-state index contributed by atoms with van der Waals surface area (Å²) in [7, 11) is 0. The summed E-state index contributed by atoms with van der Waals surface area (Å²) in [6, 6.07) is 17.2. The molecule has 0 aliphatic rings. The van der Waals surface area contributed by atoms with Gasteiger partial charge in [-0.1, -0.05) is 54.1 Å². The van der Waals surface area contributed by atoms with Crippen LogP contribution in [-0.4, -0.2) is 26.6 Å². The first-order valence-corrected chi connectivity index (χ1v) is 9.27. The lowest BCUT2D eigenvalue weighted by molar-refractivity contribution is -0.128. The monoisotopic (exact) mass is 395 g/mol. The first-order chi connectivity index (χ1) is 13.5. The Bertz CT molecular complexity index is 1030. The average molecular weight is 395 g/mol. The number of amides is 2. The number of aryl methyl sites for hydroxylation is 1. The topological polar surface area (TPSA) is 91.8 Å². The van der Waals surface area contributed by atoms with Crippen LogP contribution in [0.2, 0.25) is 0 Å². The van der Waals surface area contributed by atoms with Gasteiger partial charge in [-0.05, 0) is 30.8 Å². The van der Waals surface area contributed by atoms with E-state index in [2.05, 4.69) is 21.0 Å². The molecule has 3 rings (SSSR count). The lowest BCUT2D eigenvalue weighted by atomic mass is 10.1. The summed E-state index contributed by atoms with van der Waals surface area (Å²) in [4.78, 5) is 24.0. The summed E-state index contributed by atoms with van der Waals surface area (Å²) < 4.78 is 2.22. The summed E-state index contributed by atoms with van der Waals surface area (Å²) in [6.45, 7) is 2.35. The van der Waals surface area contributed by atoms with Crippen molar-refractivity contribution in [1.29, 1.82) is 0 Å². The Morgan fingerprint density at radius 3 is 2.57 bits per heavy atom. The van der Waals surface area contributed by atoms with Crippen LogP contribution in [0.4, 0.5) is 0 Å². The van der Waals surface area contributed by atoms with Crippen molar-refractivity contribution in [3.05, 3.63) is 70.5 Å². The molecule has 0 saturated heterocycles. The number of nitrogens with one attached hydrogen (secondary N) is 3. The molecule has 0 bridgehead atoms. The predicted octanol–water partition coefficient (Wildman–Crippen LogP) is 2.70. The molecule has 0 aliphatic carbocycles. The summed E-state index contributed by atoms with van der Waals surface area (Å²) in [5.74, 6) is 0.0919. The molecular weight excluding hydrogens is 374 g/mol. The predicted molar refractivity (Wildman–Crippen MR) is 109 cm³/mol. The summed E-state index contributed by atoms with van der Waals surface area (Å²) in [5, 5.41) is 7.04. The van der Waals surface area contributed by atoms with E-state index in [1.54, 1.807) is 4.57 Å². The minimum absolute atomic E-state index is 0.151. The van der Waals surface area contributed by atoms with Gasteiger partial charge in [-0.3, -0.25) is 30.1 Å². The van der Waals surface area contributed by atoms with Gasteiger partial charge in [0.15, 0.2) is 10.6 Å². The lowest BCUT2D eigenvalue weighted by Crippen LogP contribution is -2.42. The highest BCUT2D eigenvalue weighted by atomic mass is 32.1. The van der Waals surface area contributed by atoms with Crippen LogP contribution in [-0.2, 0) is 22.6 Å². The maximum absolute atomic E-state index is 12.1. The second kappa shape index (κ2) is 9.09. The smallest absolute Gasteiger partial charge is 0.242 e. The molecule has 3 N–H and O–H groups in total. The van der Waals surface area contributed by atoms with E-state index in [4.69, 9.17) is 12.2 Å². The van der Waals surface area contributed by atoms with Crippen LogP contribution in [0.1, 0.15) is 17.5 Å². The number of hydrogen-bond acceptors (Lipinski definition) is 4. The van der Waals surface area contributed by atoms with Gasteiger partial charge < -0.3 is 0 Å². The minimum Gasteiger partial charge on any atom is -0.300 e. The van der Waals surface area contributed by atoms with Crippen molar-refractivity contribution >= 4 is 24.0 Å². The fraction of sp³-hybridized carbons (Fsp3) is 0.200. The third-order valence-corrected chi connectivity index (χ3v) is 4.46. The summed E-state index contributed by atoms with van der Waals surface area (Å²) in [6.07, 6.45) is 0.351. The van der Waals surface area contributed by atoms with Crippen molar-refractivity contribution in [2.75, 3.05) is 0 Å². The van der Waals surface area contributed by atoms with Crippen LogP contribution in [0.25, 0.3) is 11.4 Å². The molecule has 0 radical (unpaired) electrons. The maximum atomic E-state index is 12.1. The molecule has 0 atom stereocenters. The van der Waals surface area contributed by atoms with Gasteiger partial charge in [0, 0.05) is 18.5 Å². The summed E-state index contributed by atoms with van der Waals surface area (Å²) in [5.41, 5.74) is 7.77. The van der Waals surface area contributed by atoms with E-state index in [1.807, 2.05) is 61.5 Å². The van der Waals surface area contributed by atoms with Crippen LogP contribution >= 0.6 is 12.2 Å². The number of hydrogen-bond donors (Lipinski definition) is 3. The third kappa shape index (κ3) is 5.14. The highest BCUT2D eigenvalue weighted by Gasteiger charge is 2.11. The Labute approximate surface area is 167 Å². The van der Waals surface area contributed by atoms with Gasteiger partial charge >= 0.3 is 0 Å². The number of aromatic amines is 1. The maximum Gasteiger partial charge on any atom is 0.242 e. The molecule has 144 valence electrons. The van der Waals surface area contributed by atoms with Gasteiger partial charge in [-0.15, -0.1) is 0 Å². The molecule has 1 aromatic heterocycles. The van der Waals surface area contributed by atoms with E-state index in [1.165, 1.54) is 0 Å². The van der Waals surface area contributed by atoms with Gasteiger partial charge in [0.25, 0.3) is 0 Å². The first-order valence-electron chi connectivity index (χ1n) is 8.87. The Kier molecular flexibility index (Phi) is 6.33. The second-order valence-electron chi connectivity index (χ2n) is 6.38. The third-order valence-electron chi connectivity index (χ3n) is 4.15.